The van der Waals surface area contributed by atoms with E-state index >= 15 is 0 Å². The van der Waals surface area contributed by atoms with Crippen LogP contribution in [-0.4, -0.2) is 29.4 Å². The monoisotopic (exact) mass is 262 g/mol. The molecule has 3 heteroatoms. The summed E-state index contributed by atoms with van der Waals surface area (Å²) < 4.78 is 0. The molecule has 1 aromatic rings. The summed E-state index contributed by atoms with van der Waals surface area (Å²) in [4.78, 5) is 14.3. The minimum Gasteiger partial charge on any atom is -0.339 e. The molecule has 0 saturated carbocycles. The molecule has 0 spiro atoms. The lowest BCUT2D eigenvalue weighted by Crippen LogP contribution is -2.49. The predicted molar refractivity (Wildman–Crippen MR) is 79.8 cm³/mol. The molecule has 3 nitrogen and oxygen atoms in total. The molecule has 0 saturated heterocycles. The first-order valence-corrected chi connectivity index (χ1v) is 7.01. The van der Waals surface area contributed by atoms with Gasteiger partial charge in [-0.1, -0.05) is 44.2 Å². The molecular weight excluding hydrogens is 236 g/mol. The third-order valence-corrected chi connectivity index (χ3v) is 3.08. The van der Waals surface area contributed by atoms with Gasteiger partial charge in [0.25, 0.3) is 0 Å². The Morgan fingerprint density at radius 3 is 2.21 bits per heavy atom. The van der Waals surface area contributed by atoms with Gasteiger partial charge in [0.2, 0.25) is 5.91 Å². The highest BCUT2D eigenvalue weighted by Crippen LogP contribution is 2.09. The van der Waals surface area contributed by atoms with Crippen molar-refractivity contribution >= 4 is 5.91 Å². The van der Waals surface area contributed by atoms with Crippen molar-refractivity contribution in [2.45, 2.75) is 46.2 Å². The van der Waals surface area contributed by atoms with Gasteiger partial charge in [0.05, 0.1) is 6.04 Å². The normalized spacial score (nSPS) is 12.8. The second-order valence-corrected chi connectivity index (χ2v) is 5.77. The average molecular weight is 262 g/mol. The molecule has 1 atom stereocenters. The van der Waals surface area contributed by atoms with Crippen molar-refractivity contribution in [3.8, 4) is 0 Å². The molecule has 1 unspecified atom stereocenters. The minimum absolute atomic E-state index is 0.0487. The Hall–Kier alpha value is -1.35. The van der Waals surface area contributed by atoms with Gasteiger partial charge in [-0.15, -0.1) is 0 Å². The van der Waals surface area contributed by atoms with Crippen molar-refractivity contribution in [2.24, 2.45) is 11.7 Å². The number of nitrogens with two attached hydrogens (primary N) is 1. The summed E-state index contributed by atoms with van der Waals surface area (Å²) in [5, 5.41) is 0. The van der Waals surface area contributed by atoms with Crippen LogP contribution in [0.4, 0.5) is 0 Å². The summed E-state index contributed by atoms with van der Waals surface area (Å²) in [6.07, 6.45) is 0.598. The predicted octanol–water partition coefficient (Wildman–Crippen LogP) is 2.45. The molecule has 0 aromatic heterocycles. The van der Waals surface area contributed by atoms with E-state index in [-0.39, 0.29) is 11.9 Å². The number of carbonyl (C=O) groups excluding carboxylic acids is 1. The Labute approximate surface area is 116 Å². The molecule has 1 aromatic carbocycles. The van der Waals surface area contributed by atoms with E-state index < -0.39 is 6.04 Å². The van der Waals surface area contributed by atoms with Gasteiger partial charge in [0, 0.05) is 12.6 Å². The molecule has 0 radical (unpaired) electrons. The van der Waals surface area contributed by atoms with E-state index in [0.29, 0.717) is 12.3 Å². The lowest BCUT2D eigenvalue weighted by atomic mass is 10.0. The van der Waals surface area contributed by atoms with Crippen molar-refractivity contribution in [1.29, 1.82) is 0 Å². The van der Waals surface area contributed by atoms with Crippen LogP contribution in [0.25, 0.3) is 0 Å². The molecule has 0 bridgehead atoms. The van der Waals surface area contributed by atoms with Crippen molar-refractivity contribution in [3.63, 3.8) is 0 Å². The fraction of sp³-hybridized carbons (Fsp3) is 0.562. The van der Waals surface area contributed by atoms with E-state index in [1.807, 2.05) is 49.1 Å². The highest BCUT2D eigenvalue weighted by Gasteiger charge is 2.23. The molecule has 0 fully saturated rings. The minimum atomic E-state index is -0.455. The zero-order valence-electron chi connectivity index (χ0n) is 12.5. The number of carbonyl (C=O) groups is 1. The molecule has 1 rings (SSSR count). The molecule has 19 heavy (non-hydrogen) atoms. The van der Waals surface area contributed by atoms with Crippen LogP contribution in [-0.2, 0) is 11.2 Å². The topological polar surface area (TPSA) is 46.3 Å². The number of hydrogen-bond donors (Lipinski definition) is 1. The summed E-state index contributed by atoms with van der Waals surface area (Å²) in [6.45, 7) is 9.07. The SMILES string of the molecule is CC(C)CN(C(=O)C(N)Cc1ccccc1)C(C)C. The number of nitrogens with zero attached hydrogens (tertiary/aromatic N) is 1. The Bertz CT molecular complexity index is 387. The fourth-order valence-corrected chi connectivity index (χ4v) is 2.12. The van der Waals surface area contributed by atoms with E-state index in [1.54, 1.807) is 0 Å². The number of benzene rings is 1. The summed E-state index contributed by atoms with van der Waals surface area (Å²) in [7, 11) is 0. The molecule has 2 N–H and O–H groups in total. The quantitative estimate of drug-likeness (QED) is 0.856. The van der Waals surface area contributed by atoms with E-state index in [1.165, 1.54) is 0 Å². The highest BCUT2D eigenvalue weighted by atomic mass is 16.2. The van der Waals surface area contributed by atoms with Crippen LogP contribution in [0.5, 0.6) is 0 Å². The van der Waals surface area contributed by atoms with Gasteiger partial charge < -0.3 is 10.6 Å². The standard InChI is InChI=1S/C16H26N2O/c1-12(2)11-18(13(3)4)16(19)15(17)10-14-8-6-5-7-9-14/h5-9,12-13,15H,10-11,17H2,1-4H3. The van der Waals surface area contributed by atoms with E-state index in [4.69, 9.17) is 5.73 Å². The molecule has 0 aliphatic rings. The third kappa shape index (κ3) is 5.03. The van der Waals surface area contributed by atoms with Gasteiger partial charge in [-0.05, 0) is 31.7 Å². The fourth-order valence-electron chi connectivity index (χ4n) is 2.12. The smallest absolute Gasteiger partial charge is 0.240 e. The first-order valence-electron chi connectivity index (χ1n) is 7.01. The lowest BCUT2D eigenvalue weighted by Gasteiger charge is -2.31. The second kappa shape index (κ2) is 7.29. The van der Waals surface area contributed by atoms with Crippen LogP contribution < -0.4 is 5.73 Å². The lowest BCUT2D eigenvalue weighted by molar-refractivity contribution is -0.134. The van der Waals surface area contributed by atoms with E-state index in [2.05, 4.69) is 13.8 Å². The number of hydrogen-bond acceptors (Lipinski definition) is 2. The Morgan fingerprint density at radius 1 is 1.16 bits per heavy atom. The van der Waals surface area contributed by atoms with Crippen LogP contribution in [0.15, 0.2) is 30.3 Å². The molecule has 0 heterocycles. The van der Waals surface area contributed by atoms with Crippen LogP contribution in [0, 0.1) is 5.92 Å². The summed E-state index contributed by atoms with van der Waals surface area (Å²) in [5.41, 5.74) is 7.18. The van der Waals surface area contributed by atoms with Gasteiger partial charge in [-0.3, -0.25) is 4.79 Å². The van der Waals surface area contributed by atoms with Gasteiger partial charge in [0.15, 0.2) is 0 Å². The Balaban J connectivity index is 2.68. The Kier molecular flexibility index (Phi) is 6.03. The summed E-state index contributed by atoms with van der Waals surface area (Å²) in [6, 6.07) is 9.67. The maximum atomic E-state index is 12.4. The summed E-state index contributed by atoms with van der Waals surface area (Å²) in [5.74, 6) is 0.503. The van der Waals surface area contributed by atoms with E-state index in [9.17, 15) is 4.79 Å². The van der Waals surface area contributed by atoms with Crippen molar-refractivity contribution in [3.05, 3.63) is 35.9 Å². The highest BCUT2D eigenvalue weighted by molar-refractivity contribution is 5.82. The molecule has 1 amide bonds. The third-order valence-electron chi connectivity index (χ3n) is 3.08. The maximum absolute atomic E-state index is 12.4. The van der Waals surface area contributed by atoms with Gasteiger partial charge in [-0.2, -0.15) is 0 Å². The number of rotatable bonds is 6. The molecule has 0 aliphatic heterocycles. The van der Waals surface area contributed by atoms with Gasteiger partial charge in [-0.25, -0.2) is 0 Å². The zero-order valence-corrected chi connectivity index (χ0v) is 12.5. The van der Waals surface area contributed by atoms with Gasteiger partial charge in [0.1, 0.15) is 0 Å². The largest absolute Gasteiger partial charge is 0.339 e. The van der Waals surface area contributed by atoms with Crippen LogP contribution >= 0.6 is 0 Å². The maximum Gasteiger partial charge on any atom is 0.240 e. The van der Waals surface area contributed by atoms with Crippen LogP contribution in [0.2, 0.25) is 0 Å². The average Bonchev–Trinajstić information content (AvgIpc) is 2.35. The molecular formula is C16H26N2O. The second-order valence-electron chi connectivity index (χ2n) is 5.77. The van der Waals surface area contributed by atoms with Gasteiger partial charge >= 0.3 is 0 Å². The van der Waals surface area contributed by atoms with Crippen molar-refractivity contribution < 1.29 is 4.79 Å². The van der Waals surface area contributed by atoms with Crippen molar-refractivity contribution in [1.82, 2.24) is 4.90 Å². The first kappa shape index (κ1) is 15.7. The van der Waals surface area contributed by atoms with Crippen LogP contribution in [0.3, 0.4) is 0 Å². The van der Waals surface area contributed by atoms with Crippen molar-refractivity contribution in [2.75, 3.05) is 6.54 Å². The first-order chi connectivity index (χ1) is 8.91. The summed E-state index contributed by atoms with van der Waals surface area (Å²) >= 11 is 0. The van der Waals surface area contributed by atoms with E-state index in [0.717, 1.165) is 12.1 Å². The number of amides is 1. The Morgan fingerprint density at radius 2 is 1.74 bits per heavy atom. The molecule has 0 aliphatic carbocycles. The zero-order chi connectivity index (χ0) is 14.4. The van der Waals surface area contributed by atoms with Crippen LogP contribution in [0.1, 0.15) is 33.3 Å². The molecule has 106 valence electrons.